The number of methoxy groups -OCH3 is 1. The molecule has 0 aromatic heterocycles. The summed E-state index contributed by atoms with van der Waals surface area (Å²) in [4.78, 5) is 15.3. The van der Waals surface area contributed by atoms with Crippen molar-refractivity contribution in [3.05, 3.63) is 23.3 Å². The molecule has 2 saturated heterocycles. The number of carbonyl (C=O) groups is 1. The first kappa shape index (κ1) is 18.4. The van der Waals surface area contributed by atoms with Crippen LogP contribution in [0.4, 0.5) is 5.69 Å². The first-order chi connectivity index (χ1) is 13.6. The monoisotopic (exact) mass is 383 g/mol. The van der Waals surface area contributed by atoms with Crippen LogP contribution in [0.3, 0.4) is 0 Å². The highest BCUT2D eigenvalue weighted by Crippen LogP contribution is 2.56. The van der Waals surface area contributed by atoms with Crippen molar-refractivity contribution in [2.75, 3.05) is 39.1 Å². The molecular formula is C23H33N3O2. The largest absolute Gasteiger partial charge is 0.495 e. The summed E-state index contributed by atoms with van der Waals surface area (Å²) in [6.07, 6.45) is 8.61. The van der Waals surface area contributed by atoms with Gasteiger partial charge < -0.3 is 20.3 Å². The number of likely N-dealkylation sites (tertiary alicyclic amines) is 1. The number of piperidine rings is 1. The van der Waals surface area contributed by atoms with Gasteiger partial charge in [0.25, 0.3) is 0 Å². The number of likely N-dealkylation sites (N-methyl/N-ethyl adjacent to an activating group) is 1. The molecule has 2 bridgehead atoms. The quantitative estimate of drug-likeness (QED) is 0.843. The summed E-state index contributed by atoms with van der Waals surface area (Å²) in [5.41, 5.74) is 4.10. The molecule has 0 spiro atoms. The van der Waals surface area contributed by atoms with Crippen LogP contribution in [-0.2, 0) is 16.6 Å². The Morgan fingerprint density at radius 1 is 1.29 bits per heavy atom. The summed E-state index contributed by atoms with van der Waals surface area (Å²) in [5.74, 6) is 1.77. The molecule has 1 aromatic carbocycles. The van der Waals surface area contributed by atoms with Gasteiger partial charge in [0.05, 0.1) is 18.7 Å². The topological polar surface area (TPSA) is 53.6 Å². The number of rotatable bonds is 3. The van der Waals surface area contributed by atoms with Crippen molar-refractivity contribution in [2.45, 2.75) is 56.4 Å². The Kier molecular flexibility index (Phi) is 4.63. The van der Waals surface area contributed by atoms with E-state index in [1.54, 1.807) is 7.11 Å². The van der Waals surface area contributed by atoms with Gasteiger partial charge in [0.1, 0.15) is 5.75 Å². The minimum atomic E-state index is 0.0626. The van der Waals surface area contributed by atoms with E-state index in [2.05, 4.69) is 34.7 Å². The van der Waals surface area contributed by atoms with Crippen molar-refractivity contribution in [3.8, 4) is 5.75 Å². The van der Waals surface area contributed by atoms with Gasteiger partial charge in [-0.2, -0.15) is 0 Å². The number of hydrogen-bond acceptors (Lipinski definition) is 4. The molecule has 5 nitrogen and oxygen atoms in total. The van der Waals surface area contributed by atoms with Crippen LogP contribution in [0, 0.1) is 11.8 Å². The van der Waals surface area contributed by atoms with E-state index in [4.69, 9.17) is 4.74 Å². The van der Waals surface area contributed by atoms with Crippen LogP contribution in [0.5, 0.6) is 5.75 Å². The Hall–Kier alpha value is -1.59. The van der Waals surface area contributed by atoms with Crippen LogP contribution in [0.1, 0.15) is 49.7 Å². The molecule has 1 saturated carbocycles. The molecule has 5 heteroatoms. The van der Waals surface area contributed by atoms with Crippen LogP contribution in [0.15, 0.2) is 12.1 Å². The number of ether oxygens (including phenoxy) is 1. The van der Waals surface area contributed by atoms with Gasteiger partial charge in [-0.25, -0.2) is 0 Å². The average molecular weight is 384 g/mol. The van der Waals surface area contributed by atoms with E-state index in [9.17, 15) is 4.79 Å². The lowest BCUT2D eigenvalue weighted by Crippen LogP contribution is -2.59. The molecule has 5 rings (SSSR count). The maximum absolute atomic E-state index is 12.7. The van der Waals surface area contributed by atoms with Crippen LogP contribution in [0.2, 0.25) is 0 Å². The molecule has 1 aromatic rings. The molecular weight excluding hydrogens is 350 g/mol. The third kappa shape index (κ3) is 2.78. The zero-order chi connectivity index (χ0) is 19.3. The van der Waals surface area contributed by atoms with Gasteiger partial charge in [0, 0.05) is 18.0 Å². The molecule has 1 amide bonds. The van der Waals surface area contributed by atoms with E-state index in [0.717, 1.165) is 43.3 Å². The molecule has 0 radical (unpaired) electrons. The second kappa shape index (κ2) is 7.03. The Balaban J connectivity index is 1.53. The molecule has 2 unspecified atom stereocenters. The van der Waals surface area contributed by atoms with Crippen molar-refractivity contribution in [1.29, 1.82) is 0 Å². The van der Waals surface area contributed by atoms with Gasteiger partial charge in [-0.1, -0.05) is 12.8 Å². The van der Waals surface area contributed by atoms with Crippen LogP contribution >= 0.6 is 0 Å². The fourth-order valence-electron chi connectivity index (χ4n) is 6.62. The highest BCUT2D eigenvalue weighted by molar-refractivity contribution is 5.94. The second-order valence-electron chi connectivity index (χ2n) is 9.40. The number of nitrogens with one attached hydrogen (secondary N) is 2. The molecule has 2 aliphatic heterocycles. The van der Waals surface area contributed by atoms with Crippen LogP contribution in [0.25, 0.3) is 0 Å². The van der Waals surface area contributed by atoms with Crippen molar-refractivity contribution in [2.24, 2.45) is 11.8 Å². The fraction of sp³-hybridized carbons (Fsp3) is 0.696. The van der Waals surface area contributed by atoms with Gasteiger partial charge in [0.2, 0.25) is 5.91 Å². The van der Waals surface area contributed by atoms with Gasteiger partial charge in [0.15, 0.2) is 0 Å². The fourth-order valence-corrected chi connectivity index (χ4v) is 6.62. The Morgan fingerprint density at radius 2 is 2.18 bits per heavy atom. The predicted octanol–water partition coefficient (Wildman–Crippen LogP) is 2.93. The zero-order valence-electron chi connectivity index (χ0n) is 17.2. The summed E-state index contributed by atoms with van der Waals surface area (Å²) >= 11 is 0. The van der Waals surface area contributed by atoms with Crippen molar-refractivity contribution >= 4 is 11.6 Å². The molecule has 2 aliphatic carbocycles. The zero-order valence-corrected chi connectivity index (χ0v) is 17.2. The number of fused-ring (bicyclic) bond motifs is 1. The van der Waals surface area contributed by atoms with Gasteiger partial charge >= 0.3 is 0 Å². The molecule has 152 valence electrons. The number of carbonyl (C=O) groups excluding carboxylic acids is 1. The maximum Gasteiger partial charge on any atom is 0.228 e. The molecule has 2 heterocycles. The molecule has 4 aliphatic rings. The van der Waals surface area contributed by atoms with E-state index in [-0.39, 0.29) is 11.8 Å². The third-order valence-electron chi connectivity index (χ3n) is 8.12. The van der Waals surface area contributed by atoms with Crippen molar-refractivity contribution in [1.82, 2.24) is 10.2 Å². The minimum absolute atomic E-state index is 0.0626. The predicted molar refractivity (Wildman–Crippen MR) is 111 cm³/mol. The Labute approximate surface area is 168 Å². The highest BCUT2D eigenvalue weighted by atomic mass is 16.5. The standard InChI is InChI=1S/C23H33N3O2/c1-26-10-8-23-7-4-3-5-17(23)20(26)12-16-11-19(21(28-2)13-18(16)23)25-22(27)15-6-9-24-14-15/h11,13,15,17,20,24H,3-10,12,14H2,1-2H3,(H,25,27)/t15?,17?,20-,23-/m0/s1. The smallest absolute Gasteiger partial charge is 0.228 e. The number of amides is 1. The lowest BCUT2D eigenvalue weighted by atomic mass is 9.52. The van der Waals surface area contributed by atoms with E-state index < -0.39 is 0 Å². The summed E-state index contributed by atoms with van der Waals surface area (Å²) in [6, 6.07) is 5.14. The Bertz CT molecular complexity index is 773. The summed E-state index contributed by atoms with van der Waals surface area (Å²) in [5, 5.41) is 6.46. The van der Waals surface area contributed by atoms with E-state index in [0.29, 0.717) is 11.5 Å². The van der Waals surface area contributed by atoms with E-state index >= 15 is 0 Å². The maximum atomic E-state index is 12.7. The summed E-state index contributed by atoms with van der Waals surface area (Å²) in [7, 11) is 4.03. The van der Waals surface area contributed by atoms with Gasteiger partial charge in [-0.15, -0.1) is 0 Å². The van der Waals surface area contributed by atoms with E-state index in [1.165, 1.54) is 49.8 Å². The summed E-state index contributed by atoms with van der Waals surface area (Å²) < 4.78 is 5.77. The lowest BCUT2D eigenvalue weighted by molar-refractivity contribution is -0.119. The normalized spacial score (nSPS) is 34.4. The number of benzene rings is 1. The van der Waals surface area contributed by atoms with Gasteiger partial charge in [-0.05, 0) is 81.4 Å². The SMILES string of the molecule is COc1cc2c(cc1NC(=O)C1CCNC1)C[C@H]1C3CCCC[C@@]23CCN1C. The molecule has 3 fully saturated rings. The molecule has 2 N–H and O–H groups in total. The lowest BCUT2D eigenvalue weighted by Gasteiger charge is -2.58. The summed E-state index contributed by atoms with van der Waals surface area (Å²) in [6.45, 7) is 2.89. The first-order valence-corrected chi connectivity index (χ1v) is 11.1. The number of hydrogen-bond donors (Lipinski definition) is 2. The highest BCUT2D eigenvalue weighted by Gasteiger charge is 2.53. The average Bonchev–Trinajstić information content (AvgIpc) is 3.25. The third-order valence-corrected chi connectivity index (χ3v) is 8.12. The van der Waals surface area contributed by atoms with Crippen molar-refractivity contribution < 1.29 is 9.53 Å². The Morgan fingerprint density at radius 3 is 2.96 bits per heavy atom. The molecule has 28 heavy (non-hydrogen) atoms. The van der Waals surface area contributed by atoms with Crippen molar-refractivity contribution in [3.63, 3.8) is 0 Å². The van der Waals surface area contributed by atoms with Crippen LogP contribution < -0.4 is 15.4 Å². The molecule has 4 atom stereocenters. The van der Waals surface area contributed by atoms with Gasteiger partial charge in [-0.3, -0.25) is 4.79 Å². The number of anilines is 1. The van der Waals surface area contributed by atoms with Crippen LogP contribution in [-0.4, -0.2) is 50.6 Å². The first-order valence-electron chi connectivity index (χ1n) is 11.1. The minimum Gasteiger partial charge on any atom is -0.495 e. The van der Waals surface area contributed by atoms with E-state index in [1.807, 2.05) is 0 Å². The number of nitrogens with zero attached hydrogens (tertiary/aromatic N) is 1. The second-order valence-corrected chi connectivity index (χ2v) is 9.40.